The van der Waals surface area contributed by atoms with E-state index in [1.807, 2.05) is 0 Å². The van der Waals surface area contributed by atoms with E-state index < -0.39 is 0 Å². The molecule has 0 fully saturated rings. The molecule has 0 saturated heterocycles. The number of esters is 1. The fourth-order valence-electron chi connectivity index (χ4n) is 1.01. The fraction of sp³-hybridized carbons (Fsp3) is 0.917. The highest BCUT2D eigenvalue weighted by molar-refractivity contribution is 5.69. The average Bonchev–Trinajstić information content (AvgIpc) is 1.99. The molecule has 0 aromatic carbocycles. The Morgan fingerprint density at radius 1 is 1.12 bits per heavy atom. The van der Waals surface area contributed by atoms with E-state index in [-0.39, 0.29) is 12.0 Å². The van der Waals surface area contributed by atoms with Crippen LogP contribution >= 0.6 is 0 Å². The van der Waals surface area contributed by atoms with Crippen molar-refractivity contribution in [3.63, 3.8) is 0 Å². The summed E-state index contributed by atoms with van der Waals surface area (Å²) in [6, 6.07) is 0.289. The zero-order valence-corrected chi connectivity index (χ0v) is 11.9. The lowest BCUT2D eigenvalue weighted by molar-refractivity contribution is -0.893. The van der Waals surface area contributed by atoms with Gasteiger partial charge in [0, 0.05) is 0 Å². The van der Waals surface area contributed by atoms with Gasteiger partial charge in [0.05, 0.1) is 54.7 Å². The largest absolute Gasteiger partial charge is 0.459 e. The molecule has 0 heterocycles. The number of hydrogen-bond donors (Lipinski definition) is 0. The van der Waals surface area contributed by atoms with Crippen molar-refractivity contribution in [1.29, 1.82) is 0 Å². The number of likely N-dealkylation sites (N-methyl/N-ethyl adjacent to an activating group) is 1. The molecule has 0 spiro atoms. The van der Waals surface area contributed by atoms with Crippen LogP contribution in [-0.4, -0.2) is 76.4 Å². The molecule has 0 aliphatic carbocycles. The van der Waals surface area contributed by atoms with Crippen molar-refractivity contribution >= 4 is 5.97 Å². The maximum Gasteiger partial charge on any atom is 0.312 e. The van der Waals surface area contributed by atoms with Crippen molar-refractivity contribution in [3.05, 3.63) is 0 Å². The second-order valence-electron chi connectivity index (χ2n) is 6.40. The summed E-state index contributed by atoms with van der Waals surface area (Å²) in [5, 5.41) is 0. The Bertz CT molecular complexity index is 226. The molecule has 0 aliphatic rings. The number of carbonyl (C=O) groups excluding carboxylic acids is 1. The number of ether oxygens (including phenoxy) is 1. The van der Waals surface area contributed by atoms with Gasteiger partial charge in [-0.15, -0.1) is 0 Å². The maximum absolute atomic E-state index is 11.5. The third kappa shape index (κ3) is 7.65. The Kier molecular flexibility index (Phi) is 5.42. The van der Waals surface area contributed by atoms with Gasteiger partial charge in [0.2, 0.25) is 0 Å². The van der Waals surface area contributed by atoms with Gasteiger partial charge in [0.15, 0.2) is 0 Å². The molecule has 0 N–H and O–H groups in total. The highest BCUT2D eigenvalue weighted by atomic mass is 16.5. The summed E-state index contributed by atoms with van der Waals surface area (Å²) in [6.45, 7) is 3.43. The lowest BCUT2D eigenvalue weighted by Crippen LogP contribution is -2.44. The molecule has 0 aromatic rings. The molecule has 0 amide bonds. The molecule has 4 heteroatoms. The first-order valence-corrected chi connectivity index (χ1v) is 5.79. The summed E-state index contributed by atoms with van der Waals surface area (Å²) >= 11 is 0. The standard InChI is InChI=1S/C12H28N2O2/c1-11(14(5,6)7)10-12(15)16-9-8-13(2,3)4/h11H,8-10H2,1-7H3/q+2. The van der Waals surface area contributed by atoms with E-state index in [1.54, 1.807) is 0 Å². The second kappa shape index (κ2) is 5.64. The first-order valence-electron chi connectivity index (χ1n) is 5.79. The van der Waals surface area contributed by atoms with Crippen molar-refractivity contribution < 1.29 is 18.5 Å². The van der Waals surface area contributed by atoms with E-state index in [1.165, 1.54) is 0 Å². The van der Waals surface area contributed by atoms with E-state index in [9.17, 15) is 4.79 Å². The molecule has 0 rings (SSSR count). The minimum atomic E-state index is -0.0889. The molecule has 0 aromatic heterocycles. The van der Waals surface area contributed by atoms with Crippen molar-refractivity contribution in [2.24, 2.45) is 0 Å². The van der Waals surface area contributed by atoms with E-state index >= 15 is 0 Å². The number of quaternary nitrogens is 2. The summed E-state index contributed by atoms with van der Waals surface area (Å²) in [7, 11) is 12.5. The minimum Gasteiger partial charge on any atom is -0.459 e. The first-order chi connectivity index (χ1) is 7.02. The van der Waals surface area contributed by atoms with Gasteiger partial charge in [-0.2, -0.15) is 0 Å². The topological polar surface area (TPSA) is 26.3 Å². The van der Waals surface area contributed by atoms with Crippen molar-refractivity contribution in [2.45, 2.75) is 19.4 Å². The molecule has 0 aliphatic heterocycles. The lowest BCUT2D eigenvalue weighted by atomic mass is 10.2. The van der Waals surface area contributed by atoms with E-state index in [4.69, 9.17) is 4.74 Å². The summed E-state index contributed by atoms with van der Waals surface area (Å²) in [5.74, 6) is -0.0889. The molecule has 0 radical (unpaired) electrons. The quantitative estimate of drug-likeness (QED) is 0.498. The molecule has 1 unspecified atom stereocenters. The second-order valence-corrected chi connectivity index (χ2v) is 6.40. The fourth-order valence-corrected chi connectivity index (χ4v) is 1.01. The van der Waals surface area contributed by atoms with Crippen LogP contribution in [0.5, 0.6) is 0 Å². The summed E-state index contributed by atoms with van der Waals surface area (Å²) < 4.78 is 6.82. The number of nitrogens with zero attached hydrogens (tertiary/aromatic N) is 2. The molecule has 96 valence electrons. The van der Waals surface area contributed by atoms with Gasteiger partial charge in [-0.25, -0.2) is 0 Å². The number of hydrogen-bond acceptors (Lipinski definition) is 2. The maximum atomic E-state index is 11.5. The Labute approximate surface area is 100.0 Å². The smallest absolute Gasteiger partial charge is 0.312 e. The molecule has 0 bridgehead atoms. The van der Waals surface area contributed by atoms with Gasteiger partial charge < -0.3 is 13.7 Å². The van der Waals surface area contributed by atoms with Gasteiger partial charge >= 0.3 is 5.97 Å². The first kappa shape index (κ1) is 15.4. The van der Waals surface area contributed by atoms with E-state index in [0.717, 1.165) is 15.5 Å². The van der Waals surface area contributed by atoms with Crippen LogP contribution in [0.2, 0.25) is 0 Å². The zero-order chi connectivity index (χ0) is 13.0. The van der Waals surface area contributed by atoms with Gasteiger partial charge in [-0.3, -0.25) is 4.79 Å². The summed E-state index contributed by atoms with van der Waals surface area (Å²) in [4.78, 5) is 11.5. The minimum absolute atomic E-state index is 0.0889. The molecule has 16 heavy (non-hydrogen) atoms. The predicted octanol–water partition coefficient (Wildman–Crippen LogP) is 0.721. The highest BCUT2D eigenvalue weighted by Crippen LogP contribution is 2.07. The average molecular weight is 232 g/mol. The van der Waals surface area contributed by atoms with Crippen molar-refractivity contribution in [1.82, 2.24) is 0 Å². The Morgan fingerprint density at radius 3 is 2.00 bits per heavy atom. The van der Waals surface area contributed by atoms with Gasteiger partial charge in [0.25, 0.3) is 0 Å². The van der Waals surface area contributed by atoms with Crippen LogP contribution in [0.4, 0.5) is 0 Å². The molecular weight excluding hydrogens is 204 g/mol. The SMILES string of the molecule is CC(CC(=O)OCC[N+](C)(C)C)[N+](C)(C)C. The Balaban J connectivity index is 3.84. The zero-order valence-electron chi connectivity index (χ0n) is 11.9. The number of carbonyl (C=O) groups is 1. The Morgan fingerprint density at radius 2 is 1.62 bits per heavy atom. The van der Waals surface area contributed by atoms with Gasteiger partial charge in [0.1, 0.15) is 13.2 Å². The predicted molar refractivity (Wildman–Crippen MR) is 66.0 cm³/mol. The highest BCUT2D eigenvalue weighted by Gasteiger charge is 2.22. The molecule has 4 nitrogen and oxygen atoms in total. The third-order valence-electron chi connectivity index (χ3n) is 2.81. The van der Waals surface area contributed by atoms with Crippen LogP contribution < -0.4 is 0 Å². The molecule has 1 atom stereocenters. The van der Waals surface area contributed by atoms with Crippen molar-refractivity contribution in [3.8, 4) is 0 Å². The van der Waals surface area contributed by atoms with Crippen LogP contribution in [0, 0.1) is 0 Å². The van der Waals surface area contributed by atoms with E-state index in [0.29, 0.717) is 13.0 Å². The van der Waals surface area contributed by atoms with Crippen LogP contribution in [0.25, 0.3) is 0 Å². The summed E-state index contributed by atoms with van der Waals surface area (Å²) in [6.07, 6.45) is 0.487. The summed E-state index contributed by atoms with van der Waals surface area (Å²) in [5.41, 5.74) is 0. The van der Waals surface area contributed by atoms with Crippen LogP contribution in [0.15, 0.2) is 0 Å². The van der Waals surface area contributed by atoms with Crippen LogP contribution in [-0.2, 0) is 9.53 Å². The van der Waals surface area contributed by atoms with Gasteiger partial charge in [-0.05, 0) is 6.92 Å². The lowest BCUT2D eigenvalue weighted by Gasteiger charge is -2.31. The van der Waals surface area contributed by atoms with Crippen LogP contribution in [0.3, 0.4) is 0 Å². The molecule has 0 saturated carbocycles. The van der Waals surface area contributed by atoms with Crippen molar-refractivity contribution in [2.75, 3.05) is 55.4 Å². The Hall–Kier alpha value is -0.610. The molecular formula is C12H28N2O2+2. The van der Waals surface area contributed by atoms with Crippen LogP contribution in [0.1, 0.15) is 13.3 Å². The third-order valence-corrected chi connectivity index (χ3v) is 2.81. The monoisotopic (exact) mass is 232 g/mol. The number of rotatable bonds is 6. The van der Waals surface area contributed by atoms with E-state index in [2.05, 4.69) is 49.2 Å². The van der Waals surface area contributed by atoms with Gasteiger partial charge in [-0.1, -0.05) is 0 Å². The normalized spacial score (nSPS) is 14.7.